The van der Waals surface area contributed by atoms with Crippen LogP contribution < -0.4 is 10.2 Å². The second-order valence-corrected chi connectivity index (χ2v) is 7.22. The van der Waals surface area contributed by atoms with Crippen molar-refractivity contribution in [3.63, 3.8) is 0 Å². The Balaban J connectivity index is 1.56. The van der Waals surface area contributed by atoms with E-state index in [1.165, 1.54) is 13.3 Å². The Morgan fingerprint density at radius 1 is 1.18 bits per heavy atom. The van der Waals surface area contributed by atoms with E-state index in [-0.39, 0.29) is 11.5 Å². The number of nitrogens with one attached hydrogen (secondary N) is 1. The van der Waals surface area contributed by atoms with Crippen molar-refractivity contribution >= 4 is 56.5 Å². The number of hydrogen-bond donors (Lipinski definition) is 2. The van der Waals surface area contributed by atoms with Gasteiger partial charge < -0.3 is 14.3 Å². The fourth-order valence-corrected chi connectivity index (χ4v) is 3.57. The number of phenols is 1. The Kier molecular flexibility index (Phi) is 4.91. The molecule has 1 aromatic heterocycles. The zero-order chi connectivity index (χ0) is 19.7. The van der Waals surface area contributed by atoms with Gasteiger partial charge in [0.15, 0.2) is 17.3 Å². The van der Waals surface area contributed by atoms with Crippen LogP contribution in [0.4, 0.5) is 0 Å². The molecule has 0 radical (unpaired) electrons. The normalized spacial score (nSPS) is 11.4. The van der Waals surface area contributed by atoms with Gasteiger partial charge in [-0.25, -0.2) is 5.43 Å². The molecule has 0 saturated heterocycles. The highest BCUT2D eigenvalue weighted by Gasteiger charge is 2.13. The van der Waals surface area contributed by atoms with E-state index in [4.69, 9.17) is 9.15 Å². The van der Waals surface area contributed by atoms with Gasteiger partial charge in [0, 0.05) is 5.39 Å². The van der Waals surface area contributed by atoms with Crippen molar-refractivity contribution in [2.75, 3.05) is 7.11 Å². The summed E-state index contributed by atoms with van der Waals surface area (Å²) < 4.78 is 11.4. The van der Waals surface area contributed by atoms with Crippen LogP contribution in [0.2, 0.25) is 0 Å². The number of ether oxygens (including phenoxy) is 1. The second-order valence-electron chi connectivity index (χ2n) is 6.06. The van der Waals surface area contributed by atoms with Crippen LogP contribution in [-0.4, -0.2) is 24.3 Å². The maximum Gasteiger partial charge on any atom is 0.307 e. The first-order valence-corrected chi connectivity index (χ1v) is 9.46. The largest absolute Gasteiger partial charge is 0.504 e. The van der Waals surface area contributed by atoms with Crippen LogP contribution in [0.1, 0.15) is 16.1 Å². The van der Waals surface area contributed by atoms with Crippen molar-refractivity contribution in [2.24, 2.45) is 5.10 Å². The van der Waals surface area contributed by atoms with E-state index in [2.05, 4.69) is 10.5 Å². The second kappa shape index (κ2) is 7.51. The third-order valence-corrected chi connectivity index (χ3v) is 5.12. The lowest BCUT2D eigenvalue weighted by Gasteiger charge is -2.06. The van der Waals surface area contributed by atoms with E-state index in [1.54, 1.807) is 18.2 Å². The highest BCUT2D eigenvalue weighted by Crippen LogP contribution is 2.32. The lowest BCUT2D eigenvalue weighted by atomic mass is 10.1. The SMILES string of the molecule is COc1cc(/C=N\NC(=O)c2cc3c(ccc4ccccc43)o2)cc(I)c1O. The Bertz CT molecular complexity index is 1230. The average Bonchev–Trinajstić information content (AvgIpc) is 3.15. The molecule has 28 heavy (non-hydrogen) atoms. The first-order chi connectivity index (χ1) is 13.6. The summed E-state index contributed by atoms with van der Waals surface area (Å²) in [7, 11) is 1.47. The maximum absolute atomic E-state index is 12.4. The zero-order valence-electron chi connectivity index (χ0n) is 14.8. The molecule has 1 heterocycles. The molecule has 0 fully saturated rings. The summed E-state index contributed by atoms with van der Waals surface area (Å²) in [5.74, 6) is 0.140. The van der Waals surface area contributed by atoms with Gasteiger partial charge in [-0.1, -0.05) is 30.3 Å². The molecule has 0 bridgehead atoms. The molecule has 0 aliphatic heterocycles. The van der Waals surface area contributed by atoms with E-state index < -0.39 is 5.91 Å². The van der Waals surface area contributed by atoms with Gasteiger partial charge in [0.25, 0.3) is 0 Å². The summed E-state index contributed by atoms with van der Waals surface area (Å²) in [4.78, 5) is 12.4. The molecule has 140 valence electrons. The number of methoxy groups -OCH3 is 1. The minimum Gasteiger partial charge on any atom is -0.504 e. The van der Waals surface area contributed by atoms with Gasteiger partial charge in [-0.3, -0.25) is 4.79 Å². The van der Waals surface area contributed by atoms with Crippen LogP contribution in [-0.2, 0) is 0 Å². The van der Waals surface area contributed by atoms with Crippen LogP contribution in [0.5, 0.6) is 11.5 Å². The Labute approximate surface area is 173 Å². The van der Waals surface area contributed by atoms with Gasteiger partial charge >= 0.3 is 5.91 Å². The number of hydrogen-bond acceptors (Lipinski definition) is 5. The first-order valence-electron chi connectivity index (χ1n) is 8.38. The molecule has 0 atom stereocenters. The summed E-state index contributed by atoms with van der Waals surface area (Å²) in [5.41, 5.74) is 3.78. The van der Waals surface area contributed by atoms with E-state index in [1.807, 2.05) is 59.0 Å². The third-order valence-electron chi connectivity index (χ3n) is 4.30. The summed E-state index contributed by atoms with van der Waals surface area (Å²) in [6.45, 7) is 0. The van der Waals surface area contributed by atoms with Crippen LogP contribution >= 0.6 is 22.6 Å². The number of benzene rings is 3. The molecule has 6 nitrogen and oxygen atoms in total. The van der Waals surface area contributed by atoms with Crippen LogP contribution in [0.15, 0.2) is 64.1 Å². The fourth-order valence-electron chi connectivity index (χ4n) is 2.95. The highest BCUT2D eigenvalue weighted by molar-refractivity contribution is 14.1. The monoisotopic (exact) mass is 486 g/mol. The molecule has 1 amide bonds. The molecule has 4 rings (SSSR count). The predicted octanol–water partition coefficient (Wildman–Crippen LogP) is 4.67. The zero-order valence-corrected chi connectivity index (χ0v) is 16.9. The van der Waals surface area contributed by atoms with Crippen LogP contribution in [0.25, 0.3) is 21.7 Å². The summed E-state index contributed by atoms with van der Waals surface area (Å²) >= 11 is 1.99. The molecule has 0 unspecified atom stereocenters. The van der Waals surface area contributed by atoms with Crippen LogP contribution in [0.3, 0.4) is 0 Å². The van der Waals surface area contributed by atoms with Gasteiger partial charge in [0.05, 0.1) is 16.9 Å². The van der Waals surface area contributed by atoms with Crippen molar-refractivity contribution < 1.29 is 19.1 Å². The first kappa shape index (κ1) is 18.3. The van der Waals surface area contributed by atoms with Crippen molar-refractivity contribution in [3.05, 3.63) is 69.5 Å². The minimum absolute atomic E-state index is 0.0683. The van der Waals surface area contributed by atoms with Gasteiger partial charge in [-0.15, -0.1) is 0 Å². The molecule has 7 heteroatoms. The van der Waals surface area contributed by atoms with Gasteiger partial charge in [-0.2, -0.15) is 5.10 Å². The van der Waals surface area contributed by atoms with Gasteiger partial charge in [-0.05, 0) is 63.2 Å². The topological polar surface area (TPSA) is 84.1 Å². The van der Waals surface area contributed by atoms with Crippen molar-refractivity contribution in [2.45, 2.75) is 0 Å². The predicted molar refractivity (Wildman–Crippen MR) is 116 cm³/mol. The standard InChI is InChI=1S/C21H15IN2O4/c1-27-18-9-12(8-16(22)20(18)25)11-23-24-21(26)19-10-15-14-5-3-2-4-13(14)6-7-17(15)28-19/h2-11,25H,1H3,(H,24,26)/b23-11-. The minimum atomic E-state index is -0.447. The number of carbonyl (C=O) groups excluding carboxylic acids is 1. The molecule has 4 aromatic rings. The number of nitrogens with zero attached hydrogens (tertiary/aromatic N) is 1. The van der Waals surface area contributed by atoms with E-state index >= 15 is 0 Å². The van der Waals surface area contributed by atoms with Gasteiger partial charge in [0.2, 0.25) is 0 Å². The molecule has 3 aromatic carbocycles. The summed E-state index contributed by atoms with van der Waals surface area (Å²) in [6.07, 6.45) is 1.47. The molecule has 0 aliphatic rings. The number of aromatic hydroxyl groups is 1. The van der Waals surface area contributed by atoms with E-state index in [9.17, 15) is 9.90 Å². The Morgan fingerprint density at radius 3 is 2.82 bits per heavy atom. The quantitative estimate of drug-likeness (QED) is 0.250. The maximum atomic E-state index is 12.4. The number of furan rings is 1. The summed E-state index contributed by atoms with van der Waals surface area (Å²) in [6, 6.07) is 16.8. The number of carbonyl (C=O) groups is 1. The van der Waals surface area contributed by atoms with E-state index in [0.29, 0.717) is 20.5 Å². The number of rotatable bonds is 4. The van der Waals surface area contributed by atoms with Crippen molar-refractivity contribution in [1.82, 2.24) is 5.43 Å². The lowest BCUT2D eigenvalue weighted by molar-refractivity contribution is 0.0929. The number of amides is 1. The average molecular weight is 486 g/mol. The Morgan fingerprint density at radius 2 is 2.00 bits per heavy atom. The van der Waals surface area contributed by atoms with Crippen molar-refractivity contribution in [1.29, 1.82) is 0 Å². The molecular weight excluding hydrogens is 471 g/mol. The number of fused-ring (bicyclic) bond motifs is 3. The lowest BCUT2D eigenvalue weighted by Crippen LogP contribution is -2.16. The molecule has 0 spiro atoms. The van der Waals surface area contributed by atoms with Crippen molar-refractivity contribution in [3.8, 4) is 11.5 Å². The van der Waals surface area contributed by atoms with E-state index in [0.717, 1.165) is 16.2 Å². The molecule has 0 saturated carbocycles. The summed E-state index contributed by atoms with van der Waals surface area (Å²) in [5, 5.41) is 16.8. The molecule has 2 N–H and O–H groups in total. The van der Waals surface area contributed by atoms with Gasteiger partial charge in [0.1, 0.15) is 5.58 Å². The molecule has 0 aliphatic carbocycles. The Hall–Kier alpha value is -3.07. The smallest absolute Gasteiger partial charge is 0.307 e. The number of phenolic OH excluding ortho intramolecular Hbond substituents is 1. The number of hydrazone groups is 1. The third kappa shape index (κ3) is 3.40. The number of halogens is 1. The fraction of sp³-hybridized carbons (Fsp3) is 0.0476. The van der Waals surface area contributed by atoms with Crippen LogP contribution in [0, 0.1) is 3.57 Å². The molecular formula is C21H15IN2O4. The highest BCUT2D eigenvalue weighted by atomic mass is 127.